The Morgan fingerprint density at radius 2 is 2.29 bits per heavy atom. The maximum atomic E-state index is 12.9. The number of carbonyl (C=O) groups is 1. The van der Waals surface area contributed by atoms with E-state index in [4.69, 9.17) is 15.6 Å². The number of carboxylic acids is 1. The Labute approximate surface area is 80.1 Å². The van der Waals surface area contributed by atoms with Crippen LogP contribution >= 0.6 is 0 Å². The maximum Gasteiger partial charge on any atom is 0.325 e. The van der Waals surface area contributed by atoms with Gasteiger partial charge in [0.05, 0.1) is 7.11 Å². The van der Waals surface area contributed by atoms with Crippen molar-refractivity contribution >= 4 is 5.97 Å². The van der Waals surface area contributed by atoms with Crippen LogP contribution in [-0.4, -0.2) is 18.2 Å². The van der Waals surface area contributed by atoms with Gasteiger partial charge >= 0.3 is 5.97 Å². The van der Waals surface area contributed by atoms with E-state index in [2.05, 4.69) is 0 Å². The molecule has 0 aromatic heterocycles. The summed E-state index contributed by atoms with van der Waals surface area (Å²) in [5.41, 5.74) is 5.64. The van der Waals surface area contributed by atoms with Gasteiger partial charge in [0.1, 0.15) is 6.04 Å². The van der Waals surface area contributed by atoms with Crippen LogP contribution in [0.15, 0.2) is 18.2 Å². The molecule has 0 fully saturated rings. The lowest BCUT2D eigenvalue weighted by molar-refractivity contribution is -0.138. The molecule has 14 heavy (non-hydrogen) atoms. The lowest BCUT2D eigenvalue weighted by Crippen LogP contribution is -2.20. The van der Waals surface area contributed by atoms with Crippen LogP contribution in [0.4, 0.5) is 4.39 Å². The van der Waals surface area contributed by atoms with Crippen LogP contribution < -0.4 is 10.5 Å². The molecule has 1 aromatic carbocycles. The van der Waals surface area contributed by atoms with Crippen LogP contribution in [-0.2, 0) is 4.79 Å². The molecule has 0 saturated heterocycles. The molecule has 1 unspecified atom stereocenters. The number of benzene rings is 1. The molecule has 0 aliphatic rings. The topological polar surface area (TPSA) is 72.5 Å². The molecule has 0 aliphatic heterocycles. The van der Waals surface area contributed by atoms with Crippen LogP contribution in [0.1, 0.15) is 11.6 Å². The molecule has 0 saturated carbocycles. The zero-order valence-corrected chi connectivity index (χ0v) is 7.53. The van der Waals surface area contributed by atoms with Crippen molar-refractivity contribution in [3.63, 3.8) is 0 Å². The summed E-state index contributed by atoms with van der Waals surface area (Å²) < 4.78 is 17.6. The molecule has 5 heteroatoms. The molecule has 0 heterocycles. The fourth-order valence-electron chi connectivity index (χ4n) is 1.01. The minimum absolute atomic E-state index is 0.0146. The molecule has 1 aromatic rings. The van der Waals surface area contributed by atoms with Gasteiger partial charge in [0.2, 0.25) is 0 Å². The molecule has 0 spiro atoms. The Bertz CT molecular complexity index is 354. The van der Waals surface area contributed by atoms with E-state index in [1.165, 1.54) is 19.2 Å². The van der Waals surface area contributed by atoms with Gasteiger partial charge in [-0.2, -0.15) is 0 Å². The summed E-state index contributed by atoms with van der Waals surface area (Å²) in [5.74, 6) is -1.73. The molecule has 0 aliphatic carbocycles. The highest BCUT2D eigenvalue weighted by molar-refractivity contribution is 5.75. The van der Waals surface area contributed by atoms with Gasteiger partial charge < -0.3 is 15.6 Å². The second-order valence-corrected chi connectivity index (χ2v) is 2.71. The first-order valence-electron chi connectivity index (χ1n) is 3.88. The number of hydrogen-bond acceptors (Lipinski definition) is 3. The average molecular weight is 199 g/mol. The van der Waals surface area contributed by atoms with E-state index in [1.54, 1.807) is 0 Å². The van der Waals surface area contributed by atoms with E-state index in [9.17, 15) is 9.18 Å². The number of hydrogen-bond donors (Lipinski definition) is 2. The molecule has 76 valence electrons. The predicted molar refractivity (Wildman–Crippen MR) is 47.5 cm³/mol. The van der Waals surface area contributed by atoms with Gasteiger partial charge in [-0.1, -0.05) is 6.07 Å². The van der Waals surface area contributed by atoms with Crippen LogP contribution in [0.25, 0.3) is 0 Å². The van der Waals surface area contributed by atoms with Gasteiger partial charge in [-0.3, -0.25) is 4.79 Å². The normalized spacial score (nSPS) is 12.2. The van der Waals surface area contributed by atoms with Gasteiger partial charge in [-0.05, 0) is 17.7 Å². The zero-order chi connectivity index (χ0) is 10.7. The first-order chi connectivity index (χ1) is 6.56. The number of carboxylic acid groups (broad SMARTS) is 1. The summed E-state index contributed by atoms with van der Waals surface area (Å²) in [6.07, 6.45) is 0. The molecule has 3 N–H and O–H groups in total. The Morgan fingerprint density at radius 1 is 1.64 bits per heavy atom. The molecular weight excluding hydrogens is 189 g/mol. The van der Waals surface area contributed by atoms with Crippen molar-refractivity contribution in [2.75, 3.05) is 7.11 Å². The van der Waals surface area contributed by atoms with Crippen molar-refractivity contribution in [3.8, 4) is 5.75 Å². The van der Waals surface area contributed by atoms with Gasteiger partial charge in [0.25, 0.3) is 0 Å². The molecule has 0 bridgehead atoms. The SMILES string of the molecule is COc1cc(C(N)C(=O)O)ccc1F. The summed E-state index contributed by atoms with van der Waals surface area (Å²) in [6.45, 7) is 0. The largest absolute Gasteiger partial charge is 0.494 e. The monoisotopic (exact) mass is 199 g/mol. The van der Waals surface area contributed by atoms with E-state index in [0.29, 0.717) is 5.56 Å². The number of aliphatic carboxylic acids is 1. The third kappa shape index (κ3) is 2.00. The number of methoxy groups -OCH3 is 1. The fraction of sp³-hybridized carbons (Fsp3) is 0.222. The Hall–Kier alpha value is -1.62. The molecule has 0 radical (unpaired) electrons. The number of ether oxygens (including phenoxy) is 1. The van der Waals surface area contributed by atoms with E-state index >= 15 is 0 Å². The quantitative estimate of drug-likeness (QED) is 0.759. The van der Waals surface area contributed by atoms with Crippen LogP contribution in [0.5, 0.6) is 5.75 Å². The minimum atomic E-state index is -1.17. The van der Waals surface area contributed by atoms with Gasteiger partial charge in [0.15, 0.2) is 11.6 Å². The van der Waals surface area contributed by atoms with Crippen molar-refractivity contribution < 1.29 is 19.0 Å². The summed E-state index contributed by atoms with van der Waals surface area (Å²) in [6, 6.07) is 2.55. The lowest BCUT2D eigenvalue weighted by Gasteiger charge is -2.08. The Morgan fingerprint density at radius 3 is 2.79 bits per heavy atom. The Balaban J connectivity index is 3.06. The molecule has 4 nitrogen and oxygen atoms in total. The van der Waals surface area contributed by atoms with Crippen molar-refractivity contribution in [2.24, 2.45) is 5.73 Å². The van der Waals surface area contributed by atoms with Crippen molar-refractivity contribution in [1.82, 2.24) is 0 Å². The second-order valence-electron chi connectivity index (χ2n) is 2.71. The maximum absolute atomic E-state index is 12.9. The summed E-state index contributed by atoms with van der Waals surface area (Å²) in [4.78, 5) is 10.5. The first-order valence-corrected chi connectivity index (χ1v) is 3.88. The summed E-state index contributed by atoms with van der Waals surface area (Å²) in [5, 5.41) is 8.61. The van der Waals surface area contributed by atoms with Crippen LogP contribution in [0, 0.1) is 5.82 Å². The van der Waals surface area contributed by atoms with Crippen molar-refractivity contribution in [2.45, 2.75) is 6.04 Å². The smallest absolute Gasteiger partial charge is 0.325 e. The molecular formula is C9H10FNO3. The van der Waals surface area contributed by atoms with Crippen molar-refractivity contribution in [1.29, 1.82) is 0 Å². The molecule has 1 atom stereocenters. The lowest BCUT2D eigenvalue weighted by atomic mass is 10.1. The second kappa shape index (κ2) is 4.06. The average Bonchev–Trinajstić information content (AvgIpc) is 2.17. The highest BCUT2D eigenvalue weighted by Gasteiger charge is 2.15. The van der Waals surface area contributed by atoms with Crippen LogP contribution in [0.2, 0.25) is 0 Å². The van der Waals surface area contributed by atoms with E-state index in [0.717, 1.165) is 6.07 Å². The summed E-state index contributed by atoms with van der Waals surface area (Å²) >= 11 is 0. The fourth-order valence-corrected chi connectivity index (χ4v) is 1.01. The first kappa shape index (κ1) is 10.5. The predicted octanol–water partition coefficient (Wildman–Crippen LogP) is 0.919. The van der Waals surface area contributed by atoms with E-state index < -0.39 is 17.8 Å². The zero-order valence-electron chi connectivity index (χ0n) is 7.53. The minimum Gasteiger partial charge on any atom is -0.494 e. The Kier molecular flexibility index (Phi) is 3.03. The molecule has 1 rings (SSSR count). The third-order valence-corrected chi connectivity index (χ3v) is 1.80. The van der Waals surface area contributed by atoms with Gasteiger partial charge in [0, 0.05) is 0 Å². The molecule has 0 amide bonds. The highest BCUT2D eigenvalue weighted by Crippen LogP contribution is 2.21. The van der Waals surface area contributed by atoms with Crippen LogP contribution in [0.3, 0.4) is 0 Å². The number of rotatable bonds is 3. The number of halogens is 1. The van der Waals surface area contributed by atoms with Gasteiger partial charge in [-0.25, -0.2) is 4.39 Å². The number of nitrogens with two attached hydrogens (primary N) is 1. The van der Waals surface area contributed by atoms with E-state index in [-0.39, 0.29) is 5.75 Å². The third-order valence-electron chi connectivity index (χ3n) is 1.80. The van der Waals surface area contributed by atoms with E-state index in [1.807, 2.05) is 0 Å². The summed E-state index contributed by atoms with van der Waals surface area (Å²) in [7, 11) is 1.30. The standard InChI is InChI=1S/C9H10FNO3/c1-14-7-4-5(2-3-6(7)10)8(11)9(12)13/h2-4,8H,11H2,1H3,(H,12,13). The van der Waals surface area contributed by atoms with Crippen molar-refractivity contribution in [3.05, 3.63) is 29.6 Å². The van der Waals surface area contributed by atoms with Gasteiger partial charge in [-0.15, -0.1) is 0 Å². The highest BCUT2D eigenvalue weighted by atomic mass is 19.1.